The molecule has 0 bridgehead atoms. The third-order valence-corrected chi connectivity index (χ3v) is 3.14. The summed E-state index contributed by atoms with van der Waals surface area (Å²) in [4.78, 5) is 2.23. The first-order valence-corrected chi connectivity index (χ1v) is 5.87. The van der Waals surface area contributed by atoms with E-state index in [4.69, 9.17) is 5.26 Å². The number of hydrogen-bond donors (Lipinski definition) is 0. The van der Waals surface area contributed by atoms with Crippen LogP contribution in [0.3, 0.4) is 0 Å². The standard InChI is InChI=1S/C14H20N2/c1-5-13(6-2)16(4)14-9-11(3)7-8-12(14)10-15/h7-9,13H,5-6H2,1-4H3. The smallest absolute Gasteiger partial charge is 0.101 e. The summed E-state index contributed by atoms with van der Waals surface area (Å²) < 4.78 is 0. The third kappa shape index (κ3) is 2.55. The fourth-order valence-corrected chi connectivity index (χ4v) is 2.06. The lowest BCUT2D eigenvalue weighted by Crippen LogP contribution is -2.30. The summed E-state index contributed by atoms with van der Waals surface area (Å²) in [7, 11) is 2.08. The number of hydrogen-bond acceptors (Lipinski definition) is 2. The first-order chi connectivity index (χ1) is 7.63. The maximum atomic E-state index is 9.11. The summed E-state index contributed by atoms with van der Waals surface area (Å²) in [5.74, 6) is 0. The quantitative estimate of drug-likeness (QED) is 0.770. The van der Waals surface area contributed by atoms with Gasteiger partial charge in [-0.15, -0.1) is 0 Å². The van der Waals surface area contributed by atoms with Crippen LogP contribution >= 0.6 is 0 Å². The zero-order valence-electron chi connectivity index (χ0n) is 10.6. The summed E-state index contributed by atoms with van der Waals surface area (Å²) >= 11 is 0. The largest absolute Gasteiger partial charge is 0.371 e. The molecular formula is C14H20N2. The molecule has 0 radical (unpaired) electrons. The number of nitriles is 1. The Morgan fingerprint density at radius 3 is 2.44 bits per heavy atom. The van der Waals surface area contributed by atoms with Gasteiger partial charge in [-0.3, -0.25) is 0 Å². The number of anilines is 1. The van der Waals surface area contributed by atoms with E-state index in [1.165, 1.54) is 5.56 Å². The topological polar surface area (TPSA) is 27.0 Å². The maximum Gasteiger partial charge on any atom is 0.101 e. The van der Waals surface area contributed by atoms with Crippen molar-refractivity contribution in [1.29, 1.82) is 5.26 Å². The molecule has 1 aromatic rings. The monoisotopic (exact) mass is 216 g/mol. The Kier molecular flexibility index (Phi) is 4.37. The van der Waals surface area contributed by atoms with E-state index in [1.54, 1.807) is 0 Å². The van der Waals surface area contributed by atoms with Crippen molar-refractivity contribution >= 4 is 5.69 Å². The predicted molar refractivity (Wildman–Crippen MR) is 68.7 cm³/mol. The van der Waals surface area contributed by atoms with E-state index in [-0.39, 0.29) is 0 Å². The van der Waals surface area contributed by atoms with Crippen molar-refractivity contribution in [1.82, 2.24) is 0 Å². The van der Waals surface area contributed by atoms with Gasteiger partial charge in [0.1, 0.15) is 6.07 Å². The summed E-state index contributed by atoms with van der Waals surface area (Å²) in [6.07, 6.45) is 2.21. The van der Waals surface area contributed by atoms with E-state index in [2.05, 4.69) is 44.9 Å². The zero-order chi connectivity index (χ0) is 12.1. The molecule has 0 aliphatic rings. The van der Waals surface area contributed by atoms with Crippen molar-refractivity contribution in [3.8, 4) is 6.07 Å². The van der Waals surface area contributed by atoms with E-state index in [0.29, 0.717) is 6.04 Å². The molecule has 16 heavy (non-hydrogen) atoms. The minimum atomic E-state index is 0.508. The number of nitrogens with zero attached hydrogens (tertiary/aromatic N) is 2. The first kappa shape index (κ1) is 12.6. The number of aryl methyl sites for hydroxylation is 1. The van der Waals surface area contributed by atoms with Crippen LogP contribution in [0.4, 0.5) is 5.69 Å². The molecule has 0 aliphatic carbocycles. The van der Waals surface area contributed by atoms with Gasteiger partial charge in [0.15, 0.2) is 0 Å². The van der Waals surface area contributed by atoms with E-state index in [1.807, 2.05) is 12.1 Å². The van der Waals surface area contributed by atoms with E-state index in [9.17, 15) is 0 Å². The lowest BCUT2D eigenvalue weighted by Gasteiger charge is -2.29. The molecule has 86 valence electrons. The highest BCUT2D eigenvalue weighted by molar-refractivity contribution is 5.60. The molecule has 0 spiro atoms. The molecule has 1 aromatic carbocycles. The van der Waals surface area contributed by atoms with Crippen molar-refractivity contribution in [3.05, 3.63) is 29.3 Å². The third-order valence-electron chi connectivity index (χ3n) is 3.14. The van der Waals surface area contributed by atoms with Gasteiger partial charge < -0.3 is 4.90 Å². The molecule has 2 heteroatoms. The molecule has 0 N–H and O–H groups in total. The molecule has 0 saturated heterocycles. The van der Waals surface area contributed by atoms with Crippen molar-refractivity contribution in [2.24, 2.45) is 0 Å². The van der Waals surface area contributed by atoms with Gasteiger partial charge in [0, 0.05) is 13.1 Å². The Balaban J connectivity index is 3.11. The Bertz CT molecular complexity index is 386. The highest BCUT2D eigenvalue weighted by Gasteiger charge is 2.14. The minimum absolute atomic E-state index is 0.508. The second-order valence-corrected chi connectivity index (χ2v) is 4.21. The van der Waals surface area contributed by atoms with Gasteiger partial charge in [0.2, 0.25) is 0 Å². The predicted octanol–water partition coefficient (Wildman–Crippen LogP) is 3.49. The highest BCUT2D eigenvalue weighted by Crippen LogP contribution is 2.24. The number of benzene rings is 1. The van der Waals surface area contributed by atoms with E-state index in [0.717, 1.165) is 24.1 Å². The number of rotatable bonds is 4. The summed E-state index contributed by atoms with van der Waals surface area (Å²) in [6.45, 7) is 6.43. The zero-order valence-corrected chi connectivity index (χ0v) is 10.6. The van der Waals surface area contributed by atoms with Crippen LogP contribution < -0.4 is 4.90 Å². The van der Waals surface area contributed by atoms with Crippen LogP contribution in [0.1, 0.15) is 37.8 Å². The molecule has 0 heterocycles. The Morgan fingerprint density at radius 1 is 1.31 bits per heavy atom. The van der Waals surface area contributed by atoms with Crippen molar-refractivity contribution in [3.63, 3.8) is 0 Å². The Hall–Kier alpha value is -1.49. The van der Waals surface area contributed by atoms with Gasteiger partial charge in [-0.25, -0.2) is 0 Å². The van der Waals surface area contributed by atoms with Crippen LogP contribution in [0.5, 0.6) is 0 Å². The van der Waals surface area contributed by atoms with Crippen molar-refractivity contribution in [2.75, 3.05) is 11.9 Å². The second kappa shape index (κ2) is 5.55. The van der Waals surface area contributed by atoms with Crippen molar-refractivity contribution < 1.29 is 0 Å². The highest BCUT2D eigenvalue weighted by atomic mass is 15.1. The van der Waals surface area contributed by atoms with Gasteiger partial charge in [0.05, 0.1) is 11.3 Å². The average Bonchev–Trinajstić information content (AvgIpc) is 2.30. The molecular weight excluding hydrogens is 196 g/mol. The summed E-state index contributed by atoms with van der Waals surface area (Å²) in [6, 6.07) is 8.76. The molecule has 0 fully saturated rings. The van der Waals surface area contributed by atoms with Crippen LogP contribution in [-0.4, -0.2) is 13.1 Å². The maximum absolute atomic E-state index is 9.11. The molecule has 0 atom stereocenters. The van der Waals surface area contributed by atoms with Crippen molar-refractivity contribution in [2.45, 2.75) is 39.7 Å². The average molecular weight is 216 g/mol. The molecule has 0 saturated carbocycles. The van der Waals surface area contributed by atoms with E-state index >= 15 is 0 Å². The Labute approximate surface area is 98.5 Å². The fourth-order valence-electron chi connectivity index (χ4n) is 2.06. The minimum Gasteiger partial charge on any atom is -0.371 e. The normalized spacial score (nSPS) is 10.2. The molecule has 1 rings (SSSR count). The van der Waals surface area contributed by atoms with Crippen LogP contribution in [-0.2, 0) is 0 Å². The lowest BCUT2D eigenvalue weighted by atomic mass is 10.1. The van der Waals surface area contributed by atoms with Gasteiger partial charge in [-0.05, 0) is 37.5 Å². The van der Waals surface area contributed by atoms with E-state index < -0.39 is 0 Å². The van der Waals surface area contributed by atoms with Crippen LogP contribution in [0.25, 0.3) is 0 Å². The van der Waals surface area contributed by atoms with Gasteiger partial charge in [0.25, 0.3) is 0 Å². The molecule has 0 aliphatic heterocycles. The lowest BCUT2D eigenvalue weighted by molar-refractivity contribution is 0.591. The van der Waals surface area contributed by atoms with Gasteiger partial charge >= 0.3 is 0 Å². The van der Waals surface area contributed by atoms with Crippen LogP contribution in [0.2, 0.25) is 0 Å². The fraction of sp³-hybridized carbons (Fsp3) is 0.500. The van der Waals surface area contributed by atoms with Crippen LogP contribution in [0.15, 0.2) is 18.2 Å². The summed E-state index contributed by atoms with van der Waals surface area (Å²) in [5, 5.41) is 9.11. The second-order valence-electron chi connectivity index (χ2n) is 4.21. The Morgan fingerprint density at radius 2 is 1.94 bits per heavy atom. The first-order valence-electron chi connectivity index (χ1n) is 5.87. The molecule has 0 unspecified atom stereocenters. The SMILES string of the molecule is CCC(CC)N(C)c1cc(C)ccc1C#N. The summed E-state index contributed by atoms with van der Waals surface area (Å²) in [5.41, 5.74) is 3.02. The van der Waals surface area contributed by atoms with Gasteiger partial charge in [-0.2, -0.15) is 5.26 Å². The molecule has 0 amide bonds. The molecule has 2 nitrogen and oxygen atoms in total. The molecule has 0 aromatic heterocycles. The van der Waals surface area contributed by atoms with Gasteiger partial charge in [-0.1, -0.05) is 19.9 Å². The van der Waals surface area contributed by atoms with Crippen LogP contribution in [0, 0.1) is 18.3 Å².